The maximum absolute atomic E-state index is 9.36. The third-order valence-corrected chi connectivity index (χ3v) is 2.80. The van der Waals surface area contributed by atoms with Gasteiger partial charge in [0.1, 0.15) is 17.6 Å². The number of halogens is 2. The van der Waals surface area contributed by atoms with E-state index in [0.717, 1.165) is 5.56 Å². The molecule has 0 aliphatic rings. The van der Waals surface area contributed by atoms with Gasteiger partial charge in [0.2, 0.25) is 0 Å². The molecular weight excluding hydrogens is 247 g/mol. The molecule has 0 aliphatic heterocycles. The standard InChI is InChI=1S/C12H10Cl2O2/c1-7(15)11-4-5-12(16-11)9-6-8(13)2-3-10(9)14/h2-7,15H,1H3. The summed E-state index contributed by atoms with van der Waals surface area (Å²) in [5.74, 6) is 1.11. The van der Waals surface area contributed by atoms with Crippen LogP contribution in [-0.2, 0) is 0 Å². The van der Waals surface area contributed by atoms with Gasteiger partial charge in [-0.25, -0.2) is 0 Å². The molecule has 0 fully saturated rings. The van der Waals surface area contributed by atoms with Crippen molar-refractivity contribution in [2.45, 2.75) is 13.0 Å². The lowest BCUT2D eigenvalue weighted by Gasteiger charge is -2.02. The normalized spacial score (nSPS) is 12.8. The van der Waals surface area contributed by atoms with Crippen LogP contribution < -0.4 is 0 Å². The predicted octanol–water partition coefficient (Wildman–Crippen LogP) is 4.31. The molecule has 0 spiro atoms. The van der Waals surface area contributed by atoms with Crippen LogP contribution in [0.5, 0.6) is 0 Å². The Morgan fingerprint density at radius 1 is 1.19 bits per heavy atom. The zero-order valence-corrected chi connectivity index (χ0v) is 10.1. The van der Waals surface area contributed by atoms with Gasteiger partial charge in [-0.1, -0.05) is 23.2 Å². The smallest absolute Gasteiger partial charge is 0.135 e. The lowest BCUT2D eigenvalue weighted by molar-refractivity contribution is 0.170. The van der Waals surface area contributed by atoms with E-state index in [1.165, 1.54) is 0 Å². The topological polar surface area (TPSA) is 33.4 Å². The zero-order valence-electron chi connectivity index (χ0n) is 8.58. The van der Waals surface area contributed by atoms with Gasteiger partial charge in [0.15, 0.2) is 0 Å². The first-order valence-electron chi connectivity index (χ1n) is 4.81. The van der Waals surface area contributed by atoms with Crippen LogP contribution in [0.3, 0.4) is 0 Å². The van der Waals surface area contributed by atoms with Crippen LogP contribution in [0.25, 0.3) is 11.3 Å². The van der Waals surface area contributed by atoms with Gasteiger partial charge < -0.3 is 9.52 Å². The lowest BCUT2D eigenvalue weighted by Crippen LogP contribution is -1.85. The minimum absolute atomic E-state index is 0.506. The summed E-state index contributed by atoms with van der Waals surface area (Å²) in [6, 6.07) is 8.64. The summed E-state index contributed by atoms with van der Waals surface area (Å²) in [7, 11) is 0. The van der Waals surface area contributed by atoms with E-state index >= 15 is 0 Å². The molecule has 0 bridgehead atoms. The Kier molecular flexibility index (Phi) is 3.24. The van der Waals surface area contributed by atoms with Crippen LogP contribution in [0, 0.1) is 0 Å². The molecular formula is C12H10Cl2O2. The molecule has 2 aromatic rings. The van der Waals surface area contributed by atoms with Gasteiger partial charge in [0.25, 0.3) is 0 Å². The summed E-state index contributed by atoms with van der Waals surface area (Å²) in [4.78, 5) is 0. The average molecular weight is 257 g/mol. The van der Waals surface area contributed by atoms with E-state index in [1.807, 2.05) is 0 Å². The van der Waals surface area contributed by atoms with Gasteiger partial charge in [-0.05, 0) is 37.3 Å². The van der Waals surface area contributed by atoms with Crippen molar-refractivity contribution in [3.63, 3.8) is 0 Å². The zero-order chi connectivity index (χ0) is 11.7. The Morgan fingerprint density at radius 2 is 1.94 bits per heavy atom. The van der Waals surface area contributed by atoms with E-state index in [0.29, 0.717) is 21.6 Å². The third-order valence-electron chi connectivity index (χ3n) is 2.23. The molecule has 1 aromatic heterocycles. The third kappa shape index (κ3) is 2.24. The monoisotopic (exact) mass is 256 g/mol. The molecule has 0 amide bonds. The van der Waals surface area contributed by atoms with E-state index in [4.69, 9.17) is 27.6 Å². The molecule has 1 heterocycles. The second-order valence-corrected chi connectivity index (χ2v) is 4.35. The van der Waals surface area contributed by atoms with Gasteiger partial charge in [-0.15, -0.1) is 0 Å². The second-order valence-electron chi connectivity index (χ2n) is 3.50. The van der Waals surface area contributed by atoms with Crippen LogP contribution >= 0.6 is 23.2 Å². The second kappa shape index (κ2) is 4.50. The molecule has 0 saturated heterocycles. The van der Waals surface area contributed by atoms with E-state index < -0.39 is 6.10 Å². The highest BCUT2D eigenvalue weighted by Crippen LogP contribution is 2.32. The molecule has 1 unspecified atom stereocenters. The fourth-order valence-electron chi connectivity index (χ4n) is 1.41. The van der Waals surface area contributed by atoms with Gasteiger partial charge >= 0.3 is 0 Å². The van der Waals surface area contributed by atoms with Crippen molar-refractivity contribution in [1.29, 1.82) is 0 Å². The van der Waals surface area contributed by atoms with Crippen LogP contribution in [0.15, 0.2) is 34.7 Å². The first-order valence-corrected chi connectivity index (χ1v) is 5.57. The molecule has 1 N–H and O–H groups in total. The van der Waals surface area contributed by atoms with Crippen molar-refractivity contribution in [3.8, 4) is 11.3 Å². The minimum Gasteiger partial charge on any atom is -0.458 e. The van der Waals surface area contributed by atoms with Gasteiger partial charge in [-0.3, -0.25) is 0 Å². The van der Waals surface area contributed by atoms with Crippen molar-refractivity contribution in [2.24, 2.45) is 0 Å². The molecule has 2 nitrogen and oxygen atoms in total. The number of benzene rings is 1. The van der Waals surface area contributed by atoms with E-state index in [-0.39, 0.29) is 0 Å². The average Bonchev–Trinajstić information content (AvgIpc) is 2.70. The molecule has 16 heavy (non-hydrogen) atoms. The maximum Gasteiger partial charge on any atom is 0.135 e. The van der Waals surface area contributed by atoms with Crippen molar-refractivity contribution < 1.29 is 9.52 Å². The molecule has 0 radical (unpaired) electrons. The molecule has 4 heteroatoms. The van der Waals surface area contributed by atoms with E-state index in [9.17, 15) is 5.11 Å². The summed E-state index contributed by atoms with van der Waals surface area (Å²) >= 11 is 11.9. The van der Waals surface area contributed by atoms with Crippen LogP contribution in [-0.4, -0.2) is 5.11 Å². The maximum atomic E-state index is 9.36. The Hall–Kier alpha value is -0.960. The number of aliphatic hydroxyl groups excluding tert-OH is 1. The highest BCUT2D eigenvalue weighted by Gasteiger charge is 2.11. The van der Waals surface area contributed by atoms with Gasteiger partial charge in [-0.2, -0.15) is 0 Å². The summed E-state index contributed by atoms with van der Waals surface area (Å²) in [6.45, 7) is 1.64. The Bertz CT molecular complexity index is 503. The number of rotatable bonds is 2. The van der Waals surface area contributed by atoms with Crippen molar-refractivity contribution in [3.05, 3.63) is 46.1 Å². The van der Waals surface area contributed by atoms with Gasteiger partial charge in [0, 0.05) is 10.6 Å². The molecule has 0 saturated carbocycles. The molecule has 2 rings (SSSR count). The number of aliphatic hydroxyl groups is 1. The minimum atomic E-state index is -0.633. The summed E-state index contributed by atoms with van der Waals surface area (Å²) < 4.78 is 5.47. The van der Waals surface area contributed by atoms with Crippen molar-refractivity contribution in [2.75, 3.05) is 0 Å². The van der Waals surface area contributed by atoms with Crippen LogP contribution in [0.2, 0.25) is 10.0 Å². The Balaban J connectivity index is 2.46. The molecule has 0 aliphatic carbocycles. The number of furan rings is 1. The summed E-state index contributed by atoms with van der Waals surface area (Å²) in [5, 5.41) is 10.5. The number of hydrogen-bond donors (Lipinski definition) is 1. The quantitative estimate of drug-likeness (QED) is 0.869. The highest BCUT2D eigenvalue weighted by molar-refractivity contribution is 6.35. The van der Waals surface area contributed by atoms with E-state index in [2.05, 4.69) is 0 Å². The Labute approximate surface area is 103 Å². The lowest BCUT2D eigenvalue weighted by atomic mass is 10.2. The van der Waals surface area contributed by atoms with Crippen LogP contribution in [0.1, 0.15) is 18.8 Å². The van der Waals surface area contributed by atoms with Crippen LogP contribution in [0.4, 0.5) is 0 Å². The highest BCUT2D eigenvalue weighted by atomic mass is 35.5. The van der Waals surface area contributed by atoms with E-state index in [1.54, 1.807) is 37.3 Å². The fraction of sp³-hybridized carbons (Fsp3) is 0.167. The largest absolute Gasteiger partial charge is 0.458 e. The first kappa shape index (κ1) is 11.5. The predicted molar refractivity (Wildman–Crippen MR) is 64.8 cm³/mol. The fourth-order valence-corrected chi connectivity index (χ4v) is 1.79. The Morgan fingerprint density at radius 3 is 2.56 bits per heavy atom. The summed E-state index contributed by atoms with van der Waals surface area (Å²) in [5.41, 5.74) is 0.723. The summed E-state index contributed by atoms with van der Waals surface area (Å²) in [6.07, 6.45) is -0.633. The SMILES string of the molecule is CC(O)c1ccc(-c2cc(Cl)ccc2Cl)o1. The molecule has 1 atom stereocenters. The van der Waals surface area contributed by atoms with Crippen molar-refractivity contribution in [1.82, 2.24) is 0 Å². The molecule has 1 aromatic carbocycles. The van der Waals surface area contributed by atoms with Gasteiger partial charge in [0.05, 0.1) is 5.02 Å². The van der Waals surface area contributed by atoms with Crippen molar-refractivity contribution >= 4 is 23.2 Å². The first-order chi connectivity index (χ1) is 7.58. The number of hydrogen-bond acceptors (Lipinski definition) is 2. The molecule has 84 valence electrons.